The molecule has 0 aliphatic carbocycles. The van der Waals surface area contributed by atoms with Crippen molar-refractivity contribution in [1.29, 1.82) is 0 Å². The van der Waals surface area contributed by atoms with E-state index in [1.165, 1.54) is 0 Å². The number of aromatic nitrogens is 2. The Kier molecular flexibility index (Phi) is 4.84. The smallest absolute Gasteiger partial charge is 0.247 e. The summed E-state index contributed by atoms with van der Waals surface area (Å²) in [6, 6.07) is 17.5. The first-order valence-corrected chi connectivity index (χ1v) is 8.80. The van der Waals surface area contributed by atoms with E-state index in [0.29, 0.717) is 24.9 Å². The van der Waals surface area contributed by atoms with E-state index in [0.717, 1.165) is 30.2 Å². The van der Waals surface area contributed by atoms with Gasteiger partial charge in [0.15, 0.2) is 11.5 Å². The Bertz CT molecular complexity index is 850. The summed E-state index contributed by atoms with van der Waals surface area (Å²) >= 11 is 0. The Morgan fingerprint density at radius 3 is 2.58 bits per heavy atom. The van der Waals surface area contributed by atoms with Gasteiger partial charge in [-0.2, -0.15) is 0 Å². The van der Waals surface area contributed by atoms with Crippen LogP contribution in [-0.2, 0) is 6.54 Å². The van der Waals surface area contributed by atoms with Gasteiger partial charge in [0.2, 0.25) is 11.8 Å². The number of rotatable bonds is 6. The largest absolute Gasteiger partial charge is 0.486 e. The Labute approximate surface area is 152 Å². The summed E-state index contributed by atoms with van der Waals surface area (Å²) < 4.78 is 17.6. The van der Waals surface area contributed by atoms with E-state index in [1.54, 1.807) is 0 Å². The summed E-state index contributed by atoms with van der Waals surface area (Å²) in [5.74, 6) is 2.74. The molecule has 0 spiro atoms. The van der Waals surface area contributed by atoms with Crippen LogP contribution in [0, 0.1) is 0 Å². The van der Waals surface area contributed by atoms with Crippen molar-refractivity contribution < 1.29 is 13.9 Å². The van der Waals surface area contributed by atoms with Crippen molar-refractivity contribution in [3.05, 3.63) is 60.5 Å². The van der Waals surface area contributed by atoms with Crippen LogP contribution in [0.3, 0.4) is 0 Å². The van der Waals surface area contributed by atoms with E-state index in [2.05, 4.69) is 22.0 Å². The van der Waals surface area contributed by atoms with Gasteiger partial charge in [-0.3, -0.25) is 4.90 Å². The molecule has 0 fully saturated rings. The van der Waals surface area contributed by atoms with Gasteiger partial charge in [-0.05, 0) is 30.8 Å². The first kappa shape index (κ1) is 16.6. The van der Waals surface area contributed by atoms with Gasteiger partial charge in [0.05, 0.1) is 6.54 Å². The molecule has 0 saturated carbocycles. The van der Waals surface area contributed by atoms with Crippen molar-refractivity contribution in [1.82, 2.24) is 15.1 Å². The summed E-state index contributed by atoms with van der Waals surface area (Å²) in [6.07, 6.45) is -0.0265. The normalized spacial score (nSPS) is 16.0. The molecule has 2 aromatic carbocycles. The zero-order chi connectivity index (χ0) is 17.8. The van der Waals surface area contributed by atoms with E-state index in [9.17, 15) is 0 Å². The molecule has 4 rings (SSSR count). The molecular formula is C20H21N3O3. The molecule has 0 N–H and O–H groups in total. The van der Waals surface area contributed by atoms with E-state index < -0.39 is 0 Å². The zero-order valence-corrected chi connectivity index (χ0v) is 14.7. The molecule has 26 heavy (non-hydrogen) atoms. The Balaban J connectivity index is 1.39. The van der Waals surface area contributed by atoms with Gasteiger partial charge >= 0.3 is 0 Å². The predicted octanol–water partition coefficient (Wildman–Crippen LogP) is 3.40. The summed E-state index contributed by atoms with van der Waals surface area (Å²) in [6.45, 7) is 4.80. The minimum Gasteiger partial charge on any atom is -0.486 e. The van der Waals surface area contributed by atoms with Gasteiger partial charge in [0.25, 0.3) is 0 Å². The second-order valence-electron chi connectivity index (χ2n) is 6.19. The number of nitrogens with zero attached hydrogens (tertiary/aromatic N) is 3. The van der Waals surface area contributed by atoms with Crippen LogP contribution < -0.4 is 9.47 Å². The molecule has 0 saturated heterocycles. The first-order valence-electron chi connectivity index (χ1n) is 8.80. The fourth-order valence-electron chi connectivity index (χ4n) is 2.95. The number of benzene rings is 2. The highest BCUT2D eigenvalue weighted by molar-refractivity contribution is 5.51. The average molecular weight is 351 g/mol. The van der Waals surface area contributed by atoms with E-state index in [-0.39, 0.29) is 6.10 Å². The quantitative estimate of drug-likeness (QED) is 0.678. The minimum atomic E-state index is -0.0265. The molecule has 1 aliphatic heterocycles. The van der Waals surface area contributed by atoms with Gasteiger partial charge in [-0.25, -0.2) is 0 Å². The molecule has 1 aromatic heterocycles. The van der Waals surface area contributed by atoms with Crippen LogP contribution in [-0.4, -0.2) is 40.9 Å². The predicted molar refractivity (Wildman–Crippen MR) is 97.0 cm³/mol. The van der Waals surface area contributed by atoms with Crippen molar-refractivity contribution in [2.75, 3.05) is 19.7 Å². The first-order chi connectivity index (χ1) is 12.8. The molecule has 0 unspecified atom stereocenters. The number of hydrogen-bond donors (Lipinski definition) is 0. The molecular weight excluding hydrogens is 330 g/mol. The van der Waals surface area contributed by atoms with Crippen LogP contribution >= 0.6 is 0 Å². The van der Waals surface area contributed by atoms with Crippen LogP contribution in [0.15, 0.2) is 59.0 Å². The summed E-state index contributed by atoms with van der Waals surface area (Å²) in [5.41, 5.74) is 0.926. The molecule has 134 valence electrons. The number of para-hydroxylation sites is 2. The Morgan fingerprint density at radius 2 is 1.77 bits per heavy atom. The molecule has 1 atom stereocenters. The lowest BCUT2D eigenvalue weighted by Crippen LogP contribution is -2.40. The standard InChI is InChI=1S/C20H21N3O3/c1-2-23(12-16-14-24-17-10-6-7-11-18(17)25-16)13-19-21-22-20(26-19)15-8-4-3-5-9-15/h3-11,16H,2,12-14H2,1H3/t16-/m1/s1. The van der Waals surface area contributed by atoms with Crippen LogP contribution in [0.4, 0.5) is 0 Å². The van der Waals surface area contributed by atoms with E-state index >= 15 is 0 Å². The maximum atomic E-state index is 6.04. The third-order valence-corrected chi connectivity index (χ3v) is 4.32. The SMILES string of the molecule is CCN(Cc1nnc(-c2ccccc2)o1)C[C@@H]1COc2ccccc2O1. The van der Waals surface area contributed by atoms with Crippen molar-refractivity contribution >= 4 is 0 Å². The summed E-state index contributed by atoms with van der Waals surface area (Å²) in [7, 11) is 0. The van der Waals surface area contributed by atoms with Gasteiger partial charge in [-0.15, -0.1) is 10.2 Å². The fourth-order valence-corrected chi connectivity index (χ4v) is 2.95. The Morgan fingerprint density at radius 1 is 1.00 bits per heavy atom. The molecule has 0 bridgehead atoms. The van der Waals surface area contributed by atoms with Gasteiger partial charge in [0.1, 0.15) is 12.7 Å². The molecule has 1 aliphatic rings. The molecule has 3 aromatic rings. The van der Waals surface area contributed by atoms with Gasteiger partial charge < -0.3 is 13.9 Å². The number of likely N-dealkylation sites (N-methyl/N-ethyl adjacent to an activating group) is 1. The van der Waals surface area contributed by atoms with E-state index in [4.69, 9.17) is 13.9 Å². The highest BCUT2D eigenvalue weighted by atomic mass is 16.6. The third-order valence-electron chi connectivity index (χ3n) is 4.32. The highest BCUT2D eigenvalue weighted by Crippen LogP contribution is 2.31. The van der Waals surface area contributed by atoms with Crippen molar-refractivity contribution in [2.45, 2.75) is 19.6 Å². The minimum absolute atomic E-state index is 0.0265. The average Bonchev–Trinajstić information content (AvgIpc) is 3.16. The number of ether oxygens (including phenoxy) is 2. The molecule has 6 heteroatoms. The van der Waals surface area contributed by atoms with Crippen LogP contribution in [0.1, 0.15) is 12.8 Å². The van der Waals surface area contributed by atoms with Crippen molar-refractivity contribution in [2.24, 2.45) is 0 Å². The lowest BCUT2D eigenvalue weighted by molar-refractivity contribution is 0.0558. The van der Waals surface area contributed by atoms with Crippen LogP contribution in [0.25, 0.3) is 11.5 Å². The lowest BCUT2D eigenvalue weighted by Gasteiger charge is -2.30. The Hall–Kier alpha value is -2.86. The maximum Gasteiger partial charge on any atom is 0.247 e. The molecule has 0 amide bonds. The second-order valence-corrected chi connectivity index (χ2v) is 6.19. The van der Waals surface area contributed by atoms with E-state index in [1.807, 2.05) is 54.6 Å². The third kappa shape index (κ3) is 3.70. The topological polar surface area (TPSA) is 60.6 Å². The van der Waals surface area contributed by atoms with Crippen LogP contribution in [0.5, 0.6) is 11.5 Å². The maximum absolute atomic E-state index is 6.04. The van der Waals surface area contributed by atoms with Gasteiger partial charge in [0, 0.05) is 12.1 Å². The monoisotopic (exact) mass is 351 g/mol. The van der Waals surface area contributed by atoms with Gasteiger partial charge in [-0.1, -0.05) is 37.3 Å². The van der Waals surface area contributed by atoms with Crippen LogP contribution in [0.2, 0.25) is 0 Å². The molecule has 2 heterocycles. The lowest BCUT2D eigenvalue weighted by atomic mass is 10.2. The molecule has 6 nitrogen and oxygen atoms in total. The van der Waals surface area contributed by atoms with Crippen molar-refractivity contribution in [3.8, 4) is 23.0 Å². The number of hydrogen-bond acceptors (Lipinski definition) is 6. The van der Waals surface area contributed by atoms with Crippen molar-refractivity contribution in [3.63, 3.8) is 0 Å². The number of fused-ring (bicyclic) bond motifs is 1. The fraction of sp³-hybridized carbons (Fsp3) is 0.300. The highest BCUT2D eigenvalue weighted by Gasteiger charge is 2.23. The second kappa shape index (κ2) is 7.58. The summed E-state index contributed by atoms with van der Waals surface area (Å²) in [5, 5.41) is 8.33. The zero-order valence-electron chi connectivity index (χ0n) is 14.7. The molecule has 0 radical (unpaired) electrons. The summed E-state index contributed by atoms with van der Waals surface area (Å²) in [4.78, 5) is 2.21.